The third-order valence-corrected chi connectivity index (χ3v) is 4.40. The molecule has 1 heterocycles. The first-order valence-corrected chi connectivity index (χ1v) is 7.13. The molecule has 0 N–H and O–H groups in total. The van der Waals surface area contributed by atoms with Gasteiger partial charge in [-0.15, -0.1) is 0 Å². The second-order valence-corrected chi connectivity index (χ2v) is 5.76. The summed E-state index contributed by atoms with van der Waals surface area (Å²) in [6, 6.07) is 4.43. The van der Waals surface area contributed by atoms with E-state index < -0.39 is 4.92 Å². The number of halogens is 2. The Morgan fingerprint density at radius 1 is 1.40 bits per heavy atom. The number of benzene rings is 1. The largest absolute Gasteiger partial charge is 0.294 e. The number of non-ortho nitro benzene ring substituents is 1. The van der Waals surface area contributed by atoms with Crippen molar-refractivity contribution in [3.05, 3.63) is 65.2 Å². The Hall–Kier alpha value is -1.54. The van der Waals surface area contributed by atoms with E-state index in [1.54, 1.807) is 13.0 Å². The lowest BCUT2D eigenvalue weighted by Gasteiger charge is -2.08. The fraction of sp³-hybridized carbons (Fsp3) is 0.167. The Morgan fingerprint density at radius 3 is 2.70 bits per heavy atom. The number of hydrogen-bond acceptors (Lipinski definition) is 4. The summed E-state index contributed by atoms with van der Waals surface area (Å²) in [7, 11) is 0. The Balaban J connectivity index is 2.38. The lowest BCUT2D eigenvalue weighted by molar-refractivity contribution is -0.384. The molecular weight excluding hydrogens is 394 g/mol. The van der Waals surface area contributed by atoms with Gasteiger partial charge in [-0.1, -0.05) is 15.9 Å². The third kappa shape index (κ3) is 2.96. The predicted octanol–water partition coefficient (Wildman–Crippen LogP) is 3.03. The molecule has 8 heteroatoms. The Morgan fingerprint density at radius 2 is 2.10 bits per heavy atom. The van der Waals surface area contributed by atoms with Crippen LogP contribution in [0.4, 0.5) is 5.69 Å². The number of nitro benzene ring substituents is 1. The molecule has 0 aliphatic rings. The highest BCUT2D eigenvalue weighted by Gasteiger charge is 2.11. The van der Waals surface area contributed by atoms with Crippen molar-refractivity contribution in [2.24, 2.45) is 0 Å². The first-order valence-electron chi connectivity index (χ1n) is 5.54. The van der Waals surface area contributed by atoms with Gasteiger partial charge in [-0.2, -0.15) is 0 Å². The predicted molar refractivity (Wildman–Crippen MR) is 80.8 cm³/mol. The van der Waals surface area contributed by atoms with Crippen molar-refractivity contribution in [2.45, 2.75) is 13.5 Å². The minimum absolute atomic E-state index is 0.00353. The maximum absolute atomic E-state index is 12.0. The van der Waals surface area contributed by atoms with Crippen molar-refractivity contribution in [2.75, 3.05) is 0 Å². The normalized spacial score (nSPS) is 10.6. The molecule has 0 aliphatic heterocycles. The number of nitro groups is 1. The number of hydrogen-bond donors (Lipinski definition) is 0. The minimum atomic E-state index is -0.468. The highest BCUT2D eigenvalue weighted by molar-refractivity contribution is 9.10. The van der Waals surface area contributed by atoms with Gasteiger partial charge in [-0.3, -0.25) is 19.5 Å². The van der Waals surface area contributed by atoms with Gasteiger partial charge in [0.1, 0.15) is 4.47 Å². The van der Waals surface area contributed by atoms with Gasteiger partial charge in [0.05, 0.1) is 23.5 Å². The van der Waals surface area contributed by atoms with Crippen LogP contribution in [0.1, 0.15) is 11.3 Å². The fourth-order valence-corrected chi connectivity index (χ4v) is 2.44. The van der Waals surface area contributed by atoms with Crippen molar-refractivity contribution < 1.29 is 4.92 Å². The van der Waals surface area contributed by atoms with Crippen LogP contribution in [-0.4, -0.2) is 14.5 Å². The molecule has 0 unspecified atom stereocenters. The maximum atomic E-state index is 12.0. The van der Waals surface area contributed by atoms with Crippen LogP contribution in [0.15, 0.2) is 38.3 Å². The summed E-state index contributed by atoms with van der Waals surface area (Å²) >= 11 is 6.47. The number of aromatic nitrogens is 2. The molecule has 1 aromatic carbocycles. The molecule has 0 saturated heterocycles. The molecule has 20 heavy (non-hydrogen) atoms. The van der Waals surface area contributed by atoms with Crippen molar-refractivity contribution in [3.8, 4) is 0 Å². The monoisotopic (exact) mass is 401 g/mol. The van der Waals surface area contributed by atoms with Gasteiger partial charge in [0, 0.05) is 16.6 Å². The molecule has 0 amide bonds. The van der Waals surface area contributed by atoms with Crippen LogP contribution in [0.3, 0.4) is 0 Å². The van der Waals surface area contributed by atoms with Crippen LogP contribution in [0.2, 0.25) is 0 Å². The van der Waals surface area contributed by atoms with E-state index in [2.05, 4.69) is 36.8 Å². The van der Waals surface area contributed by atoms with Crippen LogP contribution in [-0.2, 0) is 6.54 Å². The molecule has 2 rings (SSSR count). The second kappa shape index (κ2) is 5.84. The lowest BCUT2D eigenvalue weighted by atomic mass is 10.2. The van der Waals surface area contributed by atoms with Crippen LogP contribution in [0.5, 0.6) is 0 Å². The summed E-state index contributed by atoms with van der Waals surface area (Å²) in [4.78, 5) is 26.3. The topological polar surface area (TPSA) is 78.0 Å². The van der Waals surface area contributed by atoms with Gasteiger partial charge >= 0.3 is 0 Å². The average Bonchev–Trinajstić information content (AvgIpc) is 2.41. The Kier molecular flexibility index (Phi) is 4.34. The smallest absolute Gasteiger partial charge is 0.270 e. The fourth-order valence-electron chi connectivity index (χ4n) is 1.62. The van der Waals surface area contributed by atoms with E-state index in [1.807, 2.05) is 0 Å². The molecule has 0 fully saturated rings. The SMILES string of the molecule is Cc1ncn(Cc2ccc([N+](=O)[O-])cc2Br)c(=O)c1Br. The molecule has 0 atom stereocenters. The first kappa shape index (κ1) is 14.9. The van der Waals surface area contributed by atoms with E-state index in [-0.39, 0.29) is 17.8 Å². The summed E-state index contributed by atoms with van der Waals surface area (Å²) < 4.78 is 2.43. The molecule has 2 aromatic rings. The zero-order valence-electron chi connectivity index (χ0n) is 10.3. The first-order chi connectivity index (χ1) is 9.40. The van der Waals surface area contributed by atoms with E-state index in [9.17, 15) is 14.9 Å². The van der Waals surface area contributed by atoms with Gasteiger partial charge in [0.2, 0.25) is 0 Å². The summed E-state index contributed by atoms with van der Waals surface area (Å²) in [5.41, 5.74) is 1.18. The zero-order valence-corrected chi connectivity index (χ0v) is 13.5. The van der Waals surface area contributed by atoms with Crippen LogP contribution >= 0.6 is 31.9 Å². The quantitative estimate of drug-likeness (QED) is 0.583. The minimum Gasteiger partial charge on any atom is -0.294 e. The van der Waals surface area contributed by atoms with Crippen molar-refractivity contribution in [1.82, 2.24) is 9.55 Å². The third-order valence-electron chi connectivity index (χ3n) is 2.75. The number of nitrogens with zero attached hydrogens (tertiary/aromatic N) is 3. The molecule has 1 aromatic heterocycles. The summed E-state index contributed by atoms with van der Waals surface area (Å²) in [6.45, 7) is 2.01. The average molecular weight is 403 g/mol. The van der Waals surface area contributed by atoms with E-state index in [0.29, 0.717) is 14.6 Å². The van der Waals surface area contributed by atoms with Crippen molar-refractivity contribution in [1.29, 1.82) is 0 Å². The summed E-state index contributed by atoms with van der Waals surface area (Å²) in [5.74, 6) is 0. The molecule has 0 bridgehead atoms. The van der Waals surface area contributed by atoms with Gasteiger partial charge in [0.15, 0.2) is 0 Å². The molecule has 104 valence electrons. The molecule has 0 saturated carbocycles. The van der Waals surface area contributed by atoms with Crippen molar-refractivity contribution >= 4 is 37.5 Å². The molecule has 0 radical (unpaired) electrons. The van der Waals surface area contributed by atoms with E-state index in [4.69, 9.17) is 0 Å². The van der Waals surface area contributed by atoms with Crippen LogP contribution < -0.4 is 5.56 Å². The second-order valence-electron chi connectivity index (χ2n) is 4.11. The highest BCUT2D eigenvalue weighted by atomic mass is 79.9. The highest BCUT2D eigenvalue weighted by Crippen LogP contribution is 2.23. The van der Waals surface area contributed by atoms with E-state index in [1.165, 1.54) is 23.0 Å². The van der Waals surface area contributed by atoms with Gasteiger partial charge in [-0.05, 0) is 34.5 Å². The molecule has 6 nitrogen and oxygen atoms in total. The molecule has 0 spiro atoms. The zero-order chi connectivity index (χ0) is 14.9. The van der Waals surface area contributed by atoms with E-state index >= 15 is 0 Å². The molecular formula is C12H9Br2N3O3. The lowest BCUT2D eigenvalue weighted by Crippen LogP contribution is -2.22. The van der Waals surface area contributed by atoms with Gasteiger partial charge in [0.25, 0.3) is 11.2 Å². The van der Waals surface area contributed by atoms with Gasteiger partial charge in [-0.25, -0.2) is 4.98 Å². The number of aryl methyl sites for hydroxylation is 1. The van der Waals surface area contributed by atoms with Crippen LogP contribution in [0.25, 0.3) is 0 Å². The molecule has 0 aliphatic carbocycles. The summed E-state index contributed by atoms with van der Waals surface area (Å²) in [5, 5.41) is 10.7. The maximum Gasteiger partial charge on any atom is 0.270 e. The number of rotatable bonds is 3. The van der Waals surface area contributed by atoms with Crippen LogP contribution in [0, 0.1) is 17.0 Å². The Labute approximate surface area is 130 Å². The standard InChI is InChI=1S/C12H9Br2N3O3/c1-7-11(14)12(18)16(6-15-7)5-8-2-3-9(17(19)20)4-10(8)13/h2-4,6H,5H2,1H3. The summed E-state index contributed by atoms with van der Waals surface area (Å²) in [6.07, 6.45) is 1.45. The van der Waals surface area contributed by atoms with E-state index in [0.717, 1.165) is 5.56 Å². The Bertz CT molecular complexity index is 743. The van der Waals surface area contributed by atoms with Crippen molar-refractivity contribution in [3.63, 3.8) is 0 Å². The van der Waals surface area contributed by atoms with Gasteiger partial charge < -0.3 is 0 Å².